The van der Waals surface area contributed by atoms with Gasteiger partial charge in [-0.25, -0.2) is 4.79 Å². The van der Waals surface area contributed by atoms with Crippen molar-refractivity contribution in [3.05, 3.63) is 0 Å². The minimum atomic E-state index is -0.629. The maximum Gasteiger partial charge on any atom is 0.407 e. The van der Waals surface area contributed by atoms with E-state index in [9.17, 15) is 14.4 Å². The molecule has 0 aromatic carbocycles. The Kier molecular flexibility index (Phi) is 17.8. The lowest BCUT2D eigenvalue weighted by Crippen LogP contribution is -2.33. The number of alkyl carbamates (subject to hydrolysis) is 1. The summed E-state index contributed by atoms with van der Waals surface area (Å²) in [6.07, 6.45) is 6.29. The van der Waals surface area contributed by atoms with Crippen LogP contribution < -0.4 is 5.32 Å². The fourth-order valence-electron chi connectivity index (χ4n) is 2.09. The second-order valence-corrected chi connectivity index (χ2v) is 6.14. The van der Waals surface area contributed by atoms with Crippen molar-refractivity contribution in [2.45, 2.75) is 44.6 Å². The first kappa shape index (κ1) is 26.9. The van der Waals surface area contributed by atoms with Crippen molar-refractivity contribution in [2.75, 3.05) is 53.8 Å². The molecule has 0 saturated heterocycles. The van der Waals surface area contributed by atoms with Gasteiger partial charge < -0.3 is 29.0 Å². The molecule has 1 amide bonds. The lowest BCUT2D eigenvalue weighted by Gasteiger charge is -2.18. The number of ketones is 1. The highest BCUT2D eigenvalue weighted by Crippen LogP contribution is 2.03. The van der Waals surface area contributed by atoms with Crippen LogP contribution in [0.4, 0.5) is 4.79 Å². The molecule has 0 rings (SSSR count). The van der Waals surface area contributed by atoms with Crippen molar-refractivity contribution >= 4 is 17.8 Å². The van der Waals surface area contributed by atoms with Crippen LogP contribution in [-0.4, -0.2) is 77.7 Å². The topological polar surface area (TPSA) is 109 Å². The summed E-state index contributed by atoms with van der Waals surface area (Å²) in [5, 5.41) is 2.52. The van der Waals surface area contributed by atoms with Crippen LogP contribution >= 0.6 is 0 Å². The van der Waals surface area contributed by atoms with Gasteiger partial charge in [0.05, 0.1) is 6.61 Å². The summed E-state index contributed by atoms with van der Waals surface area (Å²) in [4.78, 5) is 35.0. The van der Waals surface area contributed by atoms with E-state index in [4.69, 9.17) is 30.1 Å². The van der Waals surface area contributed by atoms with E-state index >= 15 is 0 Å². The Hall–Kier alpha value is -2.15. The van der Waals surface area contributed by atoms with Gasteiger partial charge in [0.2, 0.25) is 0 Å². The Balaban J connectivity index is 4.29. The van der Waals surface area contributed by atoms with E-state index in [2.05, 4.69) is 11.2 Å². The minimum Gasteiger partial charge on any atom is -0.463 e. The van der Waals surface area contributed by atoms with Crippen molar-refractivity contribution < 1.29 is 38.1 Å². The summed E-state index contributed by atoms with van der Waals surface area (Å²) in [6, 6.07) is 0. The molecule has 0 saturated carbocycles. The third-order valence-electron chi connectivity index (χ3n) is 3.64. The second-order valence-electron chi connectivity index (χ2n) is 6.14. The van der Waals surface area contributed by atoms with Gasteiger partial charge in [-0.05, 0) is 12.8 Å². The summed E-state index contributed by atoms with van der Waals surface area (Å²) in [7, 11) is 3.08. The van der Waals surface area contributed by atoms with E-state index in [0.717, 1.165) is 0 Å². The first-order valence-corrected chi connectivity index (χ1v) is 9.64. The Bertz CT molecular complexity index is 477. The summed E-state index contributed by atoms with van der Waals surface area (Å²) in [5.74, 6) is 2.11. The van der Waals surface area contributed by atoms with Crippen LogP contribution in [-0.2, 0) is 33.3 Å². The first-order chi connectivity index (χ1) is 14.0. The molecule has 9 nitrogen and oxygen atoms in total. The van der Waals surface area contributed by atoms with E-state index < -0.39 is 12.2 Å². The standard InChI is InChI=1S/C20H33NO8/c1-4-5-8-17(22)9-6-13-27-18(15-28-19(23)10-7-12-25-2)16-29-20(24)21-11-14-26-3/h1,18H,5-16H2,2-3H3,(H,21,24). The van der Waals surface area contributed by atoms with E-state index in [1.807, 2.05) is 0 Å². The normalized spacial score (nSPS) is 11.3. The second kappa shape index (κ2) is 19.2. The summed E-state index contributed by atoms with van der Waals surface area (Å²) >= 11 is 0. The molecule has 166 valence electrons. The highest BCUT2D eigenvalue weighted by Gasteiger charge is 2.16. The van der Waals surface area contributed by atoms with Crippen molar-refractivity contribution in [1.82, 2.24) is 5.32 Å². The molecule has 0 bridgehead atoms. The largest absolute Gasteiger partial charge is 0.463 e. The summed E-state index contributed by atoms with van der Waals surface area (Å²) in [5.41, 5.74) is 0. The number of ether oxygens (including phenoxy) is 5. The summed E-state index contributed by atoms with van der Waals surface area (Å²) < 4.78 is 25.6. The predicted octanol–water partition coefficient (Wildman–Crippen LogP) is 1.48. The SMILES string of the molecule is C#CCCC(=O)CCCOC(COC(=O)CCCOC)COC(=O)NCCOC. The molecule has 0 aliphatic carbocycles. The lowest BCUT2D eigenvalue weighted by molar-refractivity contribution is -0.149. The number of Topliss-reactive ketones (excluding diaryl/α,β-unsaturated/α-hetero) is 1. The van der Waals surface area contributed by atoms with Gasteiger partial charge in [-0.15, -0.1) is 12.3 Å². The number of methoxy groups -OCH3 is 2. The first-order valence-electron chi connectivity index (χ1n) is 9.64. The van der Waals surface area contributed by atoms with Crippen LogP contribution in [0.15, 0.2) is 0 Å². The van der Waals surface area contributed by atoms with Gasteiger partial charge in [-0.1, -0.05) is 0 Å². The molecule has 0 fully saturated rings. The molecule has 1 atom stereocenters. The number of nitrogens with one attached hydrogen (secondary N) is 1. The zero-order valence-electron chi connectivity index (χ0n) is 17.4. The molecule has 0 spiro atoms. The van der Waals surface area contributed by atoms with Gasteiger partial charge in [0.15, 0.2) is 0 Å². The predicted molar refractivity (Wildman–Crippen MR) is 105 cm³/mol. The number of hydrogen-bond donors (Lipinski definition) is 1. The number of carbonyl (C=O) groups excluding carboxylic acids is 3. The monoisotopic (exact) mass is 415 g/mol. The zero-order valence-corrected chi connectivity index (χ0v) is 17.4. The molecule has 0 radical (unpaired) electrons. The van der Waals surface area contributed by atoms with E-state index in [1.54, 1.807) is 7.11 Å². The van der Waals surface area contributed by atoms with Gasteiger partial charge in [0, 0.05) is 59.7 Å². The van der Waals surface area contributed by atoms with Crippen LogP contribution in [0.3, 0.4) is 0 Å². The van der Waals surface area contributed by atoms with Gasteiger partial charge in [0.25, 0.3) is 0 Å². The zero-order chi connectivity index (χ0) is 21.7. The lowest BCUT2D eigenvalue weighted by atomic mass is 10.1. The fraction of sp³-hybridized carbons (Fsp3) is 0.750. The molecular formula is C20H33NO8. The number of amides is 1. The van der Waals surface area contributed by atoms with Crippen LogP contribution in [0.5, 0.6) is 0 Å². The van der Waals surface area contributed by atoms with Crippen molar-refractivity contribution in [3.63, 3.8) is 0 Å². The molecule has 29 heavy (non-hydrogen) atoms. The number of rotatable bonds is 18. The maximum atomic E-state index is 11.7. The Morgan fingerprint density at radius 1 is 0.931 bits per heavy atom. The molecule has 0 aliphatic heterocycles. The molecular weight excluding hydrogens is 382 g/mol. The third kappa shape index (κ3) is 17.7. The van der Waals surface area contributed by atoms with Crippen LogP contribution in [0.25, 0.3) is 0 Å². The average molecular weight is 415 g/mol. The van der Waals surface area contributed by atoms with Gasteiger partial charge in [-0.3, -0.25) is 9.59 Å². The Morgan fingerprint density at radius 3 is 2.31 bits per heavy atom. The van der Waals surface area contributed by atoms with E-state index in [-0.39, 0.29) is 38.0 Å². The summed E-state index contributed by atoms with van der Waals surface area (Å²) in [6.45, 7) is 1.27. The Morgan fingerprint density at radius 2 is 1.62 bits per heavy atom. The quantitative estimate of drug-likeness (QED) is 0.204. The Labute approximate surface area is 172 Å². The van der Waals surface area contributed by atoms with Crippen molar-refractivity contribution in [3.8, 4) is 12.3 Å². The van der Waals surface area contributed by atoms with Crippen LogP contribution in [0.2, 0.25) is 0 Å². The van der Waals surface area contributed by atoms with Gasteiger partial charge >= 0.3 is 12.1 Å². The van der Waals surface area contributed by atoms with Crippen LogP contribution in [0, 0.1) is 12.3 Å². The third-order valence-corrected chi connectivity index (χ3v) is 3.64. The minimum absolute atomic E-state index is 0.0534. The molecule has 0 aliphatic rings. The van der Waals surface area contributed by atoms with Crippen LogP contribution in [0.1, 0.15) is 38.5 Å². The molecule has 0 heterocycles. The van der Waals surface area contributed by atoms with Gasteiger partial charge in [0.1, 0.15) is 25.1 Å². The average Bonchev–Trinajstić information content (AvgIpc) is 2.71. The van der Waals surface area contributed by atoms with Gasteiger partial charge in [-0.2, -0.15) is 0 Å². The van der Waals surface area contributed by atoms with Crippen molar-refractivity contribution in [2.24, 2.45) is 0 Å². The van der Waals surface area contributed by atoms with E-state index in [1.165, 1.54) is 7.11 Å². The number of hydrogen-bond acceptors (Lipinski definition) is 8. The maximum absolute atomic E-state index is 11.7. The fourth-order valence-corrected chi connectivity index (χ4v) is 2.09. The number of terminal acetylenes is 1. The molecule has 9 heteroatoms. The molecule has 1 N–H and O–H groups in total. The highest BCUT2D eigenvalue weighted by atomic mass is 16.6. The smallest absolute Gasteiger partial charge is 0.407 e. The highest BCUT2D eigenvalue weighted by molar-refractivity contribution is 5.78. The molecule has 0 aromatic rings. The number of carbonyl (C=O) groups is 3. The molecule has 0 aromatic heterocycles. The number of esters is 1. The van der Waals surface area contributed by atoms with Crippen molar-refractivity contribution in [1.29, 1.82) is 0 Å². The van der Waals surface area contributed by atoms with E-state index in [0.29, 0.717) is 51.9 Å². The molecule has 1 unspecified atom stereocenters.